The predicted molar refractivity (Wildman–Crippen MR) is 83.6 cm³/mol. The maximum atomic E-state index is 12.9. The van der Waals surface area contributed by atoms with Crippen molar-refractivity contribution in [1.82, 2.24) is 5.06 Å². The van der Waals surface area contributed by atoms with Crippen LogP contribution in [0, 0.1) is 26.7 Å². The fourth-order valence-corrected chi connectivity index (χ4v) is 4.04. The lowest BCUT2D eigenvalue weighted by Crippen LogP contribution is -2.44. The summed E-state index contributed by atoms with van der Waals surface area (Å²) in [7, 11) is 1.83. The number of hydrogen-bond acceptors (Lipinski definition) is 4. The average molecular weight is 301 g/mol. The van der Waals surface area contributed by atoms with Crippen molar-refractivity contribution in [2.45, 2.75) is 52.2 Å². The Labute approximate surface area is 131 Å². The quantitative estimate of drug-likeness (QED) is 0.748. The number of nitrogens with zero attached hydrogens (tertiary/aromatic N) is 1. The van der Waals surface area contributed by atoms with Crippen LogP contribution in [0.3, 0.4) is 0 Å². The summed E-state index contributed by atoms with van der Waals surface area (Å²) in [5.41, 5.74) is 4.06. The van der Waals surface area contributed by atoms with E-state index in [9.17, 15) is 9.59 Å². The third-order valence-electron chi connectivity index (χ3n) is 5.21. The number of rotatable bonds is 1. The summed E-state index contributed by atoms with van der Waals surface area (Å²) in [5, 5.41) is 1.72. The molecule has 4 nitrogen and oxygen atoms in total. The summed E-state index contributed by atoms with van der Waals surface area (Å²) in [4.78, 5) is 31.3. The first-order valence-corrected chi connectivity index (χ1v) is 7.85. The highest BCUT2D eigenvalue weighted by molar-refractivity contribution is 6.12. The van der Waals surface area contributed by atoms with Crippen LogP contribution < -0.4 is 0 Å². The number of ketones is 2. The molecule has 0 N–H and O–H groups in total. The molecule has 4 atom stereocenters. The number of hydroxylamine groups is 2. The molecule has 0 radical (unpaired) electrons. The molecule has 1 aromatic rings. The highest BCUT2D eigenvalue weighted by Crippen LogP contribution is 2.41. The van der Waals surface area contributed by atoms with Crippen LogP contribution in [0.4, 0.5) is 0 Å². The van der Waals surface area contributed by atoms with E-state index in [2.05, 4.69) is 0 Å². The highest BCUT2D eigenvalue weighted by Gasteiger charge is 2.52. The molecule has 1 aliphatic heterocycles. The van der Waals surface area contributed by atoms with Gasteiger partial charge in [0.25, 0.3) is 0 Å². The van der Waals surface area contributed by atoms with E-state index in [-0.39, 0.29) is 23.5 Å². The molecular weight excluding hydrogens is 278 g/mol. The van der Waals surface area contributed by atoms with E-state index in [1.54, 1.807) is 5.06 Å². The van der Waals surface area contributed by atoms with Gasteiger partial charge in [0.15, 0.2) is 5.78 Å². The van der Waals surface area contributed by atoms with Gasteiger partial charge in [0.05, 0.1) is 0 Å². The average Bonchev–Trinajstić information content (AvgIpc) is 2.69. The van der Waals surface area contributed by atoms with E-state index in [1.807, 2.05) is 46.9 Å². The number of carbonyl (C=O) groups is 2. The number of carbonyl (C=O) groups excluding carboxylic acids is 2. The van der Waals surface area contributed by atoms with Crippen LogP contribution in [0.2, 0.25) is 0 Å². The van der Waals surface area contributed by atoms with Crippen molar-refractivity contribution in [3.63, 3.8) is 0 Å². The zero-order chi connectivity index (χ0) is 16.2. The Morgan fingerprint density at radius 1 is 1.14 bits per heavy atom. The van der Waals surface area contributed by atoms with Gasteiger partial charge in [-0.3, -0.25) is 14.4 Å². The minimum atomic E-state index is -0.666. The van der Waals surface area contributed by atoms with E-state index >= 15 is 0 Å². The van der Waals surface area contributed by atoms with Crippen molar-refractivity contribution >= 4 is 11.6 Å². The smallest absolute Gasteiger partial charge is 0.178 e. The lowest BCUT2D eigenvalue weighted by molar-refractivity contribution is -0.165. The number of Topliss-reactive ketones (excluding diaryl/α,β-unsaturated/α-hetero) is 2. The second kappa shape index (κ2) is 5.28. The van der Waals surface area contributed by atoms with E-state index in [4.69, 9.17) is 4.84 Å². The molecule has 4 unspecified atom stereocenters. The van der Waals surface area contributed by atoms with Gasteiger partial charge in [-0.15, -0.1) is 0 Å². The van der Waals surface area contributed by atoms with Gasteiger partial charge in [-0.2, -0.15) is 5.06 Å². The second-order valence-corrected chi connectivity index (χ2v) is 6.79. The van der Waals surface area contributed by atoms with Gasteiger partial charge in [-0.05, 0) is 44.4 Å². The molecule has 0 spiro atoms. The Morgan fingerprint density at radius 2 is 1.73 bits per heavy atom. The fraction of sp³-hybridized carbons (Fsp3) is 0.556. The van der Waals surface area contributed by atoms with Crippen LogP contribution in [-0.2, 0) is 14.4 Å². The Hall–Kier alpha value is -1.52. The lowest BCUT2D eigenvalue weighted by Gasteiger charge is -2.30. The number of fused-ring (bicyclic) bond motifs is 1. The molecule has 1 saturated carbocycles. The SMILES string of the molecule is Cc1cc(C)c(C2C(=O)CC3C(ON(C)C3C)C2=O)c(C)c1. The molecule has 2 fully saturated rings. The van der Waals surface area contributed by atoms with Crippen LogP contribution in [0.15, 0.2) is 12.1 Å². The molecule has 0 aromatic heterocycles. The molecular formula is C18H23NO3. The Bertz CT molecular complexity index is 629. The molecule has 3 rings (SSSR count). The van der Waals surface area contributed by atoms with Crippen LogP contribution >= 0.6 is 0 Å². The maximum Gasteiger partial charge on any atom is 0.178 e. The fourth-order valence-electron chi connectivity index (χ4n) is 4.04. The molecule has 22 heavy (non-hydrogen) atoms. The van der Waals surface area contributed by atoms with Gasteiger partial charge in [0.1, 0.15) is 17.8 Å². The minimum Gasteiger partial charge on any atom is -0.299 e. The second-order valence-electron chi connectivity index (χ2n) is 6.79. The summed E-state index contributed by atoms with van der Waals surface area (Å²) >= 11 is 0. The topological polar surface area (TPSA) is 46.6 Å². The zero-order valence-electron chi connectivity index (χ0n) is 13.8. The molecule has 0 amide bonds. The highest BCUT2D eigenvalue weighted by atomic mass is 16.7. The van der Waals surface area contributed by atoms with Crippen molar-refractivity contribution in [1.29, 1.82) is 0 Å². The third-order valence-corrected chi connectivity index (χ3v) is 5.21. The summed E-state index contributed by atoms with van der Waals surface area (Å²) in [6.45, 7) is 7.99. The summed E-state index contributed by atoms with van der Waals surface area (Å²) in [5.74, 6) is -0.729. The monoisotopic (exact) mass is 301 g/mol. The summed E-state index contributed by atoms with van der Waals surface area (Å²) in [6, 6.07) is 4.18. The van der Waals surface area contributed by atoms with Crippen molar-refractivity contribution in [2.24, 2.45) is 5.92 Å². The van der Waals surface area contributed by atoms with Gasteiger partial charge >= 0.3 is 0 Å². The molecule has 4 heteroatoms. The van der Waals surface area contributed by atoms with Crippen LogP contribution in [0.5, 0.6) is 0 Å². The Morgan fingerprint density at radius 3 is 2.32 bits per heavy atom. The van der Waals surface area contributed by atoms with Gasteiger partial charge < -0.3 is 0 Å². The first-order chi connectivity index (χ1) is 10.3. The maximum absolute atomic E-state index is 12.9. The van der Waals surface area contributed by atoms with E-state index in [1.165, 1.54) is 0 Å². The third kappa shape index (κ3) is 2.22. The Balaban J connectivity index is 2.03. The summed E-state index contributed by atoms with van der Waals surface area (Å²) in [6.07, 6.45) is -0.0675. The van der Waals surface area contributed by atoms with Crippen molar-refractivity contribution in [3.8, 4) is 0 Å². The number of hydrogen-bond donors (Lipinski definition) is 0. The lowest BCUT2D eigenvalue weighted by atomic mass is 9.71. The number of aryl methyl sites for hydroxylation is 3. The van der Waals surface area contributed by atoms with Crippen molar-refractivity contribution in [2.75, 3.05) is 7.05 Å². The first kappa shape index (κ1) is 15.4. The van der Waals surface area contributed by atoms with E-state index in [0.717, 1.165) is 22.3 Å². The molecule has 1 aromatic carbocycles. The van der Waals surface area contributed by atoms with Gasteiger partial charge in [0.2, 0.25) is 0 Å². The van der Waals surface area contributed by atoms with Gasteiger partial charge in [-0.25, -0.2) is 0 Å². The molecule has 1 saturated heterocycles. The molecule has 1 aliphatic carbocycles. The van der Waals surface area contributed by atoms with Gasteiger partial charge in [0, 0.05) is 25.4 Å². The van der Waals surface area contributed by atoms with E-state index < -0.39 is 12.0 Å². The standard InChI is InChI=1S/C18H23NO3/c1-9-6-10(2)15(11(3)7-9)16-14(20)8-13-12(4)19(5)22-18(13)17(16)21/h6-7,12-13,16,18H,8H2,1-5H3. The zero-order valence-corrected chi connectivity index (χ0v) is 13.8. The van der Waals surface area contributed by atoms with Crippen LogP contribution in [0.1, 0.15) is 41.5 Å². The largest absolute Gasteiger partial charge is 0.299 e. The molecule has 2 aliphatic rings. The van der Waals surface area contributed by atoms with Crippen molar-refractivity contribution < 1.29 is 14.4 Å². The molecule has 118 valence electrons. The summed E-state index contributed by atoms with van der Waals surface area (Å²) < 4.78 is 0. The molecule has 1 heterocycles. The predicted octanol–water partition coefficient (Wildman–Crippen LogP) is 2.49. The minimum absolute atomic E-state index is 0.0210. The van der Waals surface area contributed by atoms with E-state index in [0.29, 0.717) is 6.42 Å². The molecule has 0 bridgehead atoms. The van der Waals surface area contributed by atoms with Crippen molar-refractivity contribution in [3.05, 3.63) is 34.4 Å². The normalized spacial score (nSPS) is 32.4. The van der Waals surface area contributed by atoms with Crippen LogP contribution in [0.25, 0.3) is 0 Å². The van der Waals surface area contributed by atoms with Gasteiger partial charge in [-0.1, -0.05) is 17.7 Å². The van der Waals surface area contributed by atoms with Crippen LogP contribution in [-0.4, -0.2) is 35.8 Å². The Kier molecular flexibility index (Phi) is 3.69. The number of benzene rings is 1. The first-order valence-electron chi connectivity index (χ1n) is 7.85.